The number of benzene rings is 1. The Labute approximate surface area is 89.9 Å². The lowest BCUT2D eigenvalue weighted by Gasteiger charge is -2.33. The quantitative estimate of drug-likeness (QED) is 0.798. The van der Waals surface area contributed by atoms with E-state index < -0.39 is 5.41 Å². The van der Waals surface area contributed by atoms with Gasteiger partial charge in [-0.3, -0.25) is 0 Å². The van der Waals surface area contributed by atoms with Crippen LogP contribution in [0.3, 0.4) is 0 Å². The second kappa shape index (κ2) is 4.73. The van der Waals surface area contributed by atoms with Crippen molar-refractivity contribution in [2.45, 2.75) is 31.7 Å². The zero-order chi connectivity index (χ0) is 11.5. The van der Waals surface area contributed by atoms with Crippen molar-refractivity contribution < 1.29 is 9.50 Å². The van der Waals surface area contributed by atoms with E-state index in [0.717, 1.165) is 0 Å². The Morgan fingerprint density at radius 3 is 2.53 bits per heavy atom. The third-order valence-corrected chi connectivity index (χ3v) is 3.13. The highest BCUT2D eigenvalue weighted by Gasteiger charge is 2.32. The highest BCUT2D eigenvalue weighted by Crippen LogP contribution is 2.31. The van der Waals surface area contributed by atoms with E-state index in [9.17, 15) is 4.39 Å². The Balaban J connectivity index is 3.15. The van der Waals surface area contributed by atoms with Gasteiger partial charge >= 0.3 is 0 Å². The summed E-state index contributed by atoms with van der Waals surface area (Å²) < 4.78 is 13.6. The molecule has 0 amide bonds. The summed E-state index contributed by atoms with van der Waals surface area (Å²) in [6.07, 6.45) is 0.464. The summed E-state index contributed by atoms with van der Waals surface area (Å²) in [5.41, 5.74) is 5.94. The Morgan fingerprint density at radius 2 is 2.07 bits per heavy atom. The van der Waals surface area contributed by atoms with Crippen LogP contribution in [-0.2, 0) is 5.41 Å². The monoisotopic (exact) mass is 211 g/mol. The first kappa shape index (κ1) is 12.1. The molecule has 0 aliphatic rings. The van der Waals surface area contributed by atoms with E-state index in [0.29, 0.717) is 12.0 Å². The molecule has 0 fully saturated rings. The molecule has 0 spiro atoms. The smallest absolute Gasteiger partial charge is 0.127 e. The van der Waals surface area contributed by atoms with E-state index in [2.05, 4.69) is 0 Å². The van der Waals surface area contributed by atoms with Crippen molar-refractivity contribution in [1.29, 1.82) is 0 Å². The molecule has 0 saturated carbocycles. The van der Waals surface area contributed by atoms with Gasteiger partial charge in [-0.15, -0.1) is 0 Å². The first-order chi connectivity index (χ1) is 7.02. The lowest BCUT2D eigenvalue weighted by Crippen LogP contribution is -2.42. The molecule has 0 heterocycles. The fraction of sp³-hybridized carbons (Fsp3) is 0.500. The number of hydrogen-bond acceptors (Lipinski definition) is 2. The maximum Gasteiger partial charge on any atom is 0.127 e. The molecule has 2 unspecified atom stereocenters. The van der Waals surface area contributed by atoms with E-state index in [1.807, 2.05) is 13.8 Å². The van der Waals surface area contributed by atoms with Crippen molar-refractivity contribution in [2.24, 2.45) is 5.73 Å². The third kappa shape index (κ3) is 2.36. The molecule has 84 valence electrons. The van der Waals surface area contributed by atoms with Crippen LogP contribution < -0.4 is 5.73 Å². The average molecular weight is 211 g/mol. The molecule has 3 N–H and O–H groups in total. The van der Waals surface area contributed by atoms with Gasteiger partial charge in [-0.25, -0.2) is 4.39 Å². The molecular formula is C12H18FNO. The van der Waals surface area contributed by atoms with Crippen LogP contribution in [0.5, 0.6) is 0 Å². The third-order valence-electron chi connectivity index (χ3n) is 3.13. The minimum Gasteiger partial charge on any atom is -0.396 e. The topological polar surface area (TPSA) is 46.2 Å². The molecule has 1 rings (SSSR count). The van der Waals surface area contributed by atoms with Gasteiger partial charge in [-0.1, -0.05) is 25.1 Å². The zero-order valence-electron chi connectivity index (χ0n) is 9.20. The van der Waals surface area contributed by atoms with Gasteiger partial charge < -0.3 is 10.8 Å². The number of rotatable bonds is 4. The van der Waals surface area contributed by atoms with Crippen LogP contribution in [0, 0.1) is 5.82 Å². The van der Waals surface area contributed by atoms with Crippen molar-refractivity contribution in [2.75, 3.05) is 6.61 Å². The summed E-state index contributed by atoms with van der Waals surface area (Å²) in [6.45, 7) is 3.72. The molecule has 0 radical (unpaired) electrons. The van der Waals surface area contributed by atoms with E-state index >= 15 is 0 Å². The van der Waals surface area contributed by atoms with Crippen molar-refractivity contribution in [3.05, 3.63) is 35.6 Å². The summed E-state index contributed by atoms with van der Waals surface area (Å²) in [6, 6.07) is 6.39. The Kier molecular flexibility index (Phi) is 3.83. The first-order valence-electron chi connectivity index (χ1n) is 5.14. The molecule has 1 aromatic rings. The van der Waals surface area contributed by atoms with Gasteiger partial charge in [-0.2, -0.15) is 0 Å². The lowest BCUT2D eigenvalue weighted by atomic mass is 9.74. The molecule has 2 nitrogen and oxygen atoms in total. The minimum absolute atomic E-state index is 0.00632. The summed E-state index contributed by atoms with van der Waals surface area (Å²) in [5.74, 6) is -0.259. The van der Waals surface area contributed by atoms with E-state index in [1.54, 1.807) is 18.2 Å². The molecule has 0 aromatic heterocycles. The standard InChI is InChI=1S/C12H18FNO/c1-9(14)12(2,7-8-15)10-5-3-4-6-11(10)13/h3-6,9,15H,7-8,14H2,1-2H3. The molecule has 3 heteroatoms. The van der Waals surface area contributed by atoms with Crippen LogP contribution in [0.15, 0.2) is 24.3 Å². The maximum absolute atomic E-state index is 13.6. The van der Waals surface area contributed by atoms with Gasteiger partial charge in [0.25, 0.3) is 0 Å². The number of nitrogens with two attached hydrogens (primary N) is 1. The van der Waals surface area contributed by atoms with Crippen LogP contribution in [0.4, 0.5) is 4.39 Å². The molecule has 0 saturated heterocycles. The summed E-state index contributed by atoms with van der Waals surface area (Å²) in [7, 11) is 0. The van der Waals surface area contributed by atoms with Gasteiger partial charge in [0.15, 0.2) is 0 Å². The molecular weight excluding hydrogens is 193 g/mol. The second-order valence-corrected chi connectivity index (χ2v) is 4.16. The summed E-state index contributed by atoms with van der Waals surface area (Å²) >= 11 is 0. The predicted molar refractivity (Wildman–Crippen MR) is 59.1 cm³/mol. The van der Waals surface area contributed by atoms with Gasteiger partial charge in [0.1, 0.15) is 5.82 Å². The lowest BCUT2D eigenvalue weighted by molar-refractivity contribution is 0.226. The van der Waals surface area contributed by atoms with Crippen molar-refractivity contribution in [3.8, 4) is 0 Å². The highest BCUT2D eigenvalue weighted by atomic mass is 19.1. The first-order valence-corrected chi connectivity index (χ1v) is 5.14. The largest absolute Gasteiger partial charge is 0.396 e. The van der Waals surface area contributed by atoms with Crippen LogP contribution >= 0.6 is 0 Å². The molecule has 2 atom stereocenters. The number of hydrogen-bond donors (Lipinski definition) is 2. The van der Waals surface area contributed by atoms with Gasteiger partial charge in [0, 0.05) is 18.1 Å². The Morgan fingerprint density at radius 1 is 1.47 bits per heavy atom. The number of aliphatic hydroxyl groups excluding tert-OH is 1. The second-order valence-electron chi connectivity index (χ2n) is 4.16. The van der Waals surface area contributed by atoms with Gasteiger partial charge in [-0.05, 0) is 25.0 Å². The Bertz CT molecular complexity index is 327. The van der Waals surface area contributed by atoms with Crippen LogP contribution in [0.2, 0.25) is 0 Å². The van der Waals surface area contributed by atoms with Crippen molar-refractivity contribution in [3.63, 3.8) is 0 Å². The van der Waals surface area contributed by atoms with Crippen molar-refractivity contribution >= 4 is 0 Å². The predicted octanol–water partition coefficient (Wildman–Crippen LogP) is 1.81. The molecule has 15 heavy (non-hydrogen) atoms. The highest BCUT2D eigenvalue weighted by molar-refractivity contribution is 5.28. The molecule has 0 aliphatic carbocycles. The minimum atomic E-state index is -0.514. The van der Waals surface area contributed by atoms with Crippen LogP contribution in [0.1, 0.15) is 25.8 Å². The summed E-state index contributed by atoms with van der Waals surface area (Å²) in [5, 5.41) is 9.02. The van der Waals surface area contributed by atoms with Gasteiger partial charge in [0.2, 0.25) is 0 Å². The average Bonchev–Trinajstić information content (AvgIpc) is 2.18. The molecule has 1 aromatic carbocycles. The number of aliphatic hydroxyl groups is 1. The molecule has 0 bridgehead atoms. The number of halogens is 1. The van der Waals surface area contributed by atoms with Crippen LogP contribution in [0.25, 0.3) is 0 Å². The normalized spacial score (nSPS) is 17.1. The van der Waals surface area contributed by atoms with Crippen LogP contribution in [-0.4, -0.2) is 17.8 Å². The van der Waals surface area contributed by atoms with Crippen molar-refractivity contribution in [1.82, 2.24) is 0 Å². The maximum atomic E-state index is 13.6. The fourth-order valence-electron chi connectivity index (χ4n) is 1.76. The summed E-state index contributed by atoms with van der Waals surface area (Å²) in [4.78, 5) is 0. The van der Waals surface area contributed by atoms with Gasteiger partial charge in [0.05, 0.1) is 0 Å². The molecule has 0 aliphatic heterocycles. The fourth-order valence-corrected chi connectivity index (χ4v) is 1.76. The SMILES string of the molecule is CC(N)C(C)(CCO)c1ccccc1F. The Hall–Kier alpha value is -0.930. The van der Waals surface area contributed by atoms with E-state index in [-0.39, 0.29) is 18.5 Å². The van der Waals surface area contributed by atoms with E-state index in [4.69, 9.17) is 10.8 Å². The zero-order valence-corrected chi connectivity index (χ0v) is 9.20. The van der Waals surface area contributed by atoms with E-state index in [1.165, 1.54) is 6.07 Å².